The van der Waals surface area contributed by atoms with Crippen LogP contribution in [-0.2, 0) is 11.2 Å². The highest BCUT2D eigenvalue weighted by Gasteiger charge is 2.12. The van der Waals surface area contributed by atoms with Gasteiger partial charge in [0.15, 0.2) is 0 Å². The summed E-state index contributed by atoms with van der Waals surface area (Å²) in [5.41, 5.74) is 6.36. The second-order valence-corrected chi connectivity index (χ2v) is 4.45. The molecule has 0 aliphatic heterocycles. The molecule has 0 heterocycles. The summed E-state index contributed by atoms with van der Waals surface area (Å²) >= 11 is 0. The van der Waals surface area contributed by atoms with Crippen molar-refractivity contribution in [1.29, 1.82) is 0 Å². The van der Waals surface area contributed by atoms with E-state index in [1.54, 1.807) is 0 Å². The van der Waals surface area contributed by atoms with Gasteiger partial charge in [-0.15, -0.1) is 0 Å². The van der Waals surface area contributed by atoms with Crippen LogP contribution in [0.4, 0.5) is 0 Å². The van der Waals surface area contributed by atoms with Crippen LogP contribution in [0, 0.1) is 0 Å². The van der Waals surface area contributed by atoms with Gasteiger partial charge in [0, 0.05) is 6.54 Å². The van der Waals surface area contributed by atoms with E-state index in [1.807, 2.05) is 43.3 Å². The molecule has 1 atom stereocenters. The number of benzene rings is 1. The van der Waals surface area contributed by atoms with Crippen LogP contribution >= 0.6 is 0 Å². The lowest BCUT2D eigenvalue weighted by Gasteiger charge is -2.12. The molecule has 0 aliphatic carbocycles. The van der Waals surface area contributed by atoms with Crippen LogP contribution in [0.1, 0.15) is 5.56 Å². The van der Waals surface area contributed by atoms with Crippen LogP contribution in [0.15, 0.2) is 24.3 Å². The number of carboxylic acids is 1. The number of rotatable bonds is 7. The Labute approximate surface area is 107 Å². The van der Waals surface area contributed by atoms with Crippen molar-refractivity contribution in [2.75, 3.05) is 27.2 Å². The molecule has 0 aromatic heterocycles. The number of ether oxygens (including phenoxy) is 1. The zero-order valence-electron chi connectivity index (χ0n) is 10.8. The molecule has 0 spiro atoms. The van der Waals surface area contributed by atoms with E-state index in [4.69, 9.17) is 15.6 Å². The van der Waals surface area contributed by atoms with Gasteiger partial charge in [-0.05, 0) is 38.2 Å². The normalized spacial score (nSPS) is 12.4. The van der Waals surface area contributed by atoms with Crippen LogP contribution in [0.5, 0.6) is 5.75 Å². The molecule has 0 bridgehead atoms. The summed E-state index contributed by atoms with van der Waals surface area (Å²) in [7, 11) is 3.96. The highest BCUT2D eigenvalue weighted by Crippen LogP contribution is 2.14. The van der Waals surface area contributed by atoms with Crippen LogP contribution in [0.25, 0.3) is 0 Å². The van der Waals surface area contributed by atoms with Crippen molar-refractivity contribution in [1.82, 2.24) is 4.90 Å². The number of hydrogen-bond acceptors (Lipinski definition) is 4. The maximum absolute atomic E-state index is 10.7. The zero-order valence-corrected chi connectivity index (χ0v) is 10.8. The molecule has 0 fully saturated rings. The van der Waals surface area contributed by atoms with E-state index in [0.29, 0.717) is 13.0 Å². The number of carboxylic acid groups (broad SMARTS) is 1. The minimum atomic E-state index is -0.992. The molecular formula is C13H20N2O3. The van der Waals surface area contributed by atoms with Gasteiger partial charge in [-0.1, -0.05) is 12.1 Å². The quantitative estimate of drug-likeness (QED) is 0.742. The minimum absolute atomic E-state index is 0.306. The smallest absolute Gasteiger partial charge is 0.320 e. The van der Waals surface area contributed by atoms with E-state index >= 15 is 0 Å². The number of nitrogens with two attached hydrogens (primary N) is 1. The average Bonchev–Trinajstić information content (AvgIpc) is 2.28. The fourth-order valence-corrected chi connectivity index (χ4v) is 1.45. The predicted octanol–water partition coefficient (Wildman–Crippen LogP) is 0.581. The van der Waals surface area contributed by atoms with Crippen LogP contribution in [0.2, 0.25) is 0 Å². The summed E-state index contributed by atoms with van der Waals surface area (Å²) in [6.45, 7) is 1.43. The van der Waals surface area contributed by atoms with Gasteiger partial charge in [-0.2, -0.15) is 0 Å². The van der Waals surface area contributed by atoms with E-state index in [2.05, 4.69) is 0 Å². The molecule has 3 N–H and O–H groups in total. The molecule has 0 saturated carbocycles. The Bertz CT molecular complexity index is 394. The first-order valence-corrected chi connectivity index (χ1v) is 5.84. The number of carbonyl (C=O) groups is 1. The lowest BCUT2D eigenvalue weighted by molar-refractivity contribution is -0.138. The van der Waals surface area contributed by atoms with Gasteiger partial charge in [-0.3, -0.25) is 4.79 Å². The van der Waals surface area contributed by atoms with Crippen LogP contribution in [0.3, 0.4) is 0 Å². The van der Waals surface area contributed by atoms with E-state index in [1.165, 1.54) is 0 Å². The number of nitrogens with zero attached hydrogens (tertiary/aromatic N) is 1. The van der Waals surface area contributed by atoms with Crippen molar-refractivity contribution >= 4 is 5.97 Å². The highest BCUT2D eigenvalue weighted by molar-refractivity contribution is 5.73. The summed E-state index contributed by atoms with van der Waals surface area (Å²) in [5, 5.41) is 8.75. The van der Waals surface area contributed by atoms with E-state index < -0.39 is 12.0 Å². The third-order valence-corrected chi connectivity index (χ3v) is 2.48. The Kier molecular flexibility index (Phi) is 5.61. The van der Waals surface area contributed by atoms with E-state index in [0.717, 1.165) is 17.9 Å². The fraction of sp³-hybridized carbons (Fsp3) is 0.462. The third kappa shape index (κ3) is 5.16. The van der Waals surface area contributed by atoms with Crippen molar-refractivity contribution in [2.45, 2.75) is 12.5 Å². The highest BCUT2D eigenvalue weighted by atomic mass is 16.5. The van der Waals surface area contributed by atoms with Crippen molar-refractivity contribution in [3.8, 4) is 5.75 Å². The lowest BCUT2D eigenvalue weighted by atomic mass is 10.1. The Balaban J connectivity index is 2.54. The summed E-state index contributed by atoms with van der Waals surface area (Å²) in [5.74, 6) is -0.249. The molecule has 5 heteroatoms. The monoisotopic (exact) mass is 252 g/mol. The Morgan fingerprint density at radius 1 is 1.50 bits per heavy atom. The third-order valence-electron chi connectivity index (χ3n) is 2.48. The molecule has 0 saturated heterocycles. The molecule has 0 amide bonds. The first-order chi connectivity index (χ1) is 8.49. The van der Waals surface area contributed by atoms with Gasteiger partial charge in [0.2, 0.25) is 0 Å². The second-order valence-electron chi connectivity index (χ2n) is 4.45. The Morgan fingerprint density at radius 2 is 2.22 bits per heavy atom. The molecule has 0 radical (unpaired) electrons. The van der Waals surface area contributed by atoms with Gasteiger partial charge < -0.3 is 20.5 Å². The van der Waals surface area contributed by atoms with Crippen molar-refractivity contribution in [3.05, 3.63) is 29.8 Å². The summed E-state index contributed by atoms with van der Waals surface area (Å²) < 4.78 is 5.57. The molecule has 1 rings (SSSR count). The summed E-state index contributed by atoms with van der Waals surface area (Å²) in [6.07, 6.45) is 0.306. The van der Waals surface area contributed by atoms with E-state index in [-0.39, 0.29) is 0 Å². The van der Waals surface area contributed by atoms with Crippen molar-refractivity contribution in [2.24, 2.45) is 5.73 Å². The molecule has 18 heavy (non-hydrogen) atoms. The SMILES string of the molecule is CN(C)CCOc1cccc(CC(N)C(=O)O)c1. The largest absolute Gasteiger partial charge is 0.492 e. The van der Waals surface area contributed by atoms with Gasteiger partial charge in [0.25, 0.3) is 0 Å². The van der Waals surface area contributed by atoms with Gasteiger partial charge >= 0.3 is 5.97 Å². The topological polar surface area (TPSA) is 75.8 Å². The Morgan fingerprint density at radius 3 is 2.83 bits per heavy atom. The fourth-order valence-electron chi connectivity index (χ4n) is 1.45. The number of hydrogen-bond donors (Lipinski definition) is 2. The lowest BCUT2D eigenvalue weighted by Crippen LogP contribution is -2.32. The first-order valence-electron chi connectivity index (χ1n) is 5.84. The standard InChI is InChI=1S/C13H20N2O3/c1-15(2)6-7-18-11-5-3-4-10(8-11)9-12(14)13(16)17/h3-5,8,12H,6-7,9,14H2,1-2H3,(H,16,17). The molecule has 0 aliphatic rings. The summed E-state index contributed by atoms with van der Waals surface area (Å²) in [6, 6.07) is 6.50. The Hall–Kier alpha value is -1.59. The van der Waals surface area contributed by atoms with Crippen molar-refractivity contribution in [3.63, 3.8) is 0 Å². The maximum Gasteiger partial charge on any atom is 0.320 e. The molecule has 1 unspecified atom stereocenters. The molecule has 5 nitrogen and oxygen atoms in total. The molecular weight excluding hydrogens is 232 g/mol. The molecule has 1 aromatic carbocycles. The van der Waals surface area contributed by atoms with Gasteiger partial charge in [0.05, 0.1) is 0 Å². The number of likely N-dealkylation sites (N-methyl/N-ethyl adjacent to an activating group) is 1. The zero-order chi connectivity index (χ0) is 13.5. The van der Waals surface area contributed by atoms with E-state index in [9.17, 15) is 4.79 Å². The predicted molar refractivity (Wildman–Crippen MR) is 69.8 cm³/mol. The second kappa shape index (κ2) is 6.98. The van der Waals surface area contributed by atoms with Gasteiger partial charge in [-0.25, -0.2) is 0 Å². The average molecular weight is 252 g/mol. The molecule has 1 aromatic rings. The maximum atomic E-state index is 10.7. The van der Waals surface area contributed by atoms with Gasteiger partial charge in [0.1, 0.15) is 18.4 Å². The van der Waals surface area contributed by atoms with Crippen molar-refractivity contribution < 1.29 is 14.6 Å². The first kappa shape index (κ1) is 14.5. The van der Waals surface area contributed by atoms with Crippen LogP contribution in [-0.4, -0.2) is 49.3 Å². The minimum Gasteiger partial charge on any atom is -0.492 e. The number of aliphatic carboxylic acids is 1. The summed E-state index contributed by atoms with van der Waals surface area (Å²) in [4.78, 5) is 12.7. The molecule has 100 valence electrons. The van der Waals surface area contributed by atoms with Crippen LogP contribution < -0.4 is 10.5 Å².